The highest BCUT2D eigenvalue weighted by Crippen LogP contribution is 2.39. The van der Waals surface area contributed by atoms with Crippen molar-refractivity contribution in [3.05, 3.63) is 35.4 Å². The van der Waals surface area contributed by atoms with Crippen LogP contribution >= 0.6 is 11.8 Å². The summed E-state index contributed by atoms with van der Waals surface area (Å²) in [5.74, 6) is 0. The Hall–Kier alpha value is -0.900. The molecule has 0 spiro atoms. The van der Waals surface area contributed by atoms with E-state index >= 15 is 0 Å². The van der Waals surface area contributed by atoms with Crippen LogP contribution in [0.1, 0.15) is 30.9 Å². The second kappa shape index (κ2) is 6.15. The summed E-state index contributed by atoms with van der Waals surface area (Å²) in [6.07, 6.45) is 5.55. The molecule has 4 heteroatoms. The third kappa shape index (κ3) is 5.31. The zero-order chi connectivity index (χ0) is 12.9. The van der Waals surface area contributed by atoms with Crippen molar-refractivity contribution in [1.29, 1.82) is 0 Å². The number of rotatable bonds is 4. The van der Waals surface area contributed by atoms with Gasteiger partial charge in [-0.2, -0.15) is 13.2 Å². The molecule has 0 nitrogen and oxygen atoms in total. The maximum atomic E-state index is 12.3. The highest BCUT2D eigenvalue weighted by Gasteiger charge is 2.29. The molecule has 0 saturated heterocycles. The molecule has 17 heavy (non-hydrogen) atoms. The molecule has 0 heterocycles. The van der Waals surface area contributed by atoms with E-state index in [1.54, 1.807) is 18.2 Å². The number of aryl methyl sites for hydroxylation is 1. The first-order chi connectivity index (χ1) is 7.92. The van der Waals surface area contributed by atoms with Gasteiger partial charge < -0.3 is 0 Å². The van der Waals surface area contributed by atoms with Crippen molar-refractivity contribution in [2.45, 2.75) is 37.1 Å². The van der Waals surface area contributed by atoms with Gasteiger partial charge in [-0.25, -0.2) is 0 Å². The van der Waals surface area contributed by atoms with Crippen LogP contribution < -0.4 is 0 Å². The molecule has 0 fully saturated rings. The Bertz CT molecular complexity index is 394. The fraction of sp³-hybridized carbons (Fsp3) is 0.385. The van der Waals surface area contributed by atoms with E-state index < -0.39 is 5.51 Å². The van der Waals surface area contributed by atoms with Crippen LogP contribution in [0.4, 0.5) is 13.2 Å². The minimum atomic E-state index is -4.23. The molecule has 0 bridgehead atoms. The average Bonchev–Trinajstić information content (AvgIpc) is 2.20. The summed E-state index contributed by atoms with van der Waals surface area (Å²) in [6.45, 7) is 3.91. The number of unbranched alkanes of at least 4 members (excludes halogenated alkanes) is 1. The summed E-state index contributed by atoms with van der Waals surface area (Å²) < 4.78 is 37.0. The Kier molecular flexibility index (Phi) is 5.12. The lowest BCUT2D eigenvalue weighted by Crippen LogP contribution is -2.00. The average molecular weight is 260 g/mol. The SMILES string of the molecule is CCCC=Cc1cc(C)ccc1SC(F)(F)F. The van der Waals surface area contributed by atoms with Crippen molar-refractivity contribution in [2.75, 3.05) is 0 Å². The predicted octanol–water partition coefficient (Wildman–Crippen LogP) is 5.42. The van der Waals surface area contributed by atoms with Gasteiger partial charge in [-0.1, -0.05) is 43.2 Å². The van der Waals surface area contributed by atoms with E-state index in [2.05, 4.69) is 0 Å². The van der Waals surface area contributed by atoms with Gasteiger partial charge in [-0.15, -0.1) is 0 Å². The van der Waals surface area contributed by atoms with Crippen LogP contribution in [0.25, 0.3) is 6.08 Å². The van der Waals surface area contributed by atoms with E-state index in [0.717, 1.165) is 18.4 Å². The first-order valence-corrected chi connectivity index (χ1v) is 6.27. The molecule has 0 unspecified atom stereocenters. The molecule has 0 aromatic heterocycles. The van der Waals surface area contributed by atoms with Crippen LogP contribution in [0, 0.1) is 6.92 Å². The van der Waals surface area contributed by atoms with Gasteiger partial charge in [0.15, 0.2) is 0 Å². The molecule has 0 amide bonds. The number of hydrogen-bond donors (Lipinski definition) is 0. The largest absolute Gasteiger partial charge is 0.446 e. The quantitative estimate of drug-likeness (QED) is 0.651. The lowest BCUT2D eigenvalue weighted by molar-refractivity contribution is -0.0328. The summed E-state index contributed by atoms with van der Waals surface area (Å²) in [5.41, 5.74) is -2.63. The van der Waals surface area contributed by atoms with E-state index in [4.69, 9.17) is 0 Å². The van der Waals surface area contributed by atoms with Crippen LogP contribution in [-0.4, -0.2) is 5.51 Å². The zero-order valence-electron chi connectivity index (χ0n) is 9.84. The molecule has 0 aliphatic rings. The monoisotopic (exact) mass is 260 g/mol. The minimum Gasteiger partial charge on any atom is -0.160 e. The van der Waals surface area contributed by atoms with E-state index in [1.165, 1.54) is 6.07 Å². The van der Waals surface area contributed by atoms with Crippen molar-refractivity contribution in [1.82, 2.24) is 0 Å². The lowest BCUT2D eigenvalue weighted by atomic mass is 10.1. The first kappa shape index (κ1) is 14.2. The van der Waals surface area contributed by atoms with Crippen LogP contribution in [0.15, 0.2) is 29.2 Å². The highest BCUT2D eigenvalue weighted by molar-refractivity contribution is 8.00. The van der Waals surface area contributed by atoms with Crippen molar-refractivity contribution in [2.24, 2.45) is 0 Å². The molecule has 1 rings (SSSR count). The number of benzene rings is 1. The van der Waals surface area contributed by atoms with Gasteiger partial charge in [-0.05, 0) is 36.7 Å². The molecule has 0 N–H and O–H groups in total. The van der Waals surface area contributed by atoms with Gasteiger partial charge in [0.25, 0.3) is 0 Å². The van der Waals surface area contributed by atoms with E-state index in [-0.39, 0.29) is 16.7 Å². The Morgan fingerprint density at radius 2 is 2.00 bits per heavy atom. The van der Waals surface area contributed by atoms with Gasteiger partial charge in [-0.3, -0.25) is 0 Å². The molecule has 0 radical (unpaired) electrons. The molecule has 94 valence electrons. The molecule has 0 saturated carbocycles. The minimum absolute atomic E-state index is 0.0571. The molecule has 0 aliphatic carbocycles. The van der Waals surface area contributed by atoms with Gasteiger partial charge in [0.1, 0.15) is 0 Å². The molecule has 1 aromatic carbocycles. The Morgan fingerprint density at radius 3 is 2.59 bits per heavy atom. The smallest absolute Gasteiger partial charge is 0.160 e. The van der Waals surface area contributed by atoms with Crippen LogP contribution in [0.3, 0.4) is 0 Å². The number of allylic oxidation sites excluding steroid dienone is 1. The molecular formula is C13H15F3S. The number of alkyl halides is 3. The molecule has 0 aliphatic heterocycles. The topological polar surface area (TPSA) is 0 Å². The normalized spacial score (nSPS) is 12.3. The standard InChI is InChI=1S/C13H15F3S/c1-3-4-5-6-11-9-10(2)7-8-12(11)17-13(14,15)16/h5-9H,3-4H2,1-2H3. The fourth-order valence-corrected chi connectivity index (χ4v) is 2.02. The summed E-state index contributed by atoms with van der Waals surface area (Å²) >= 11 is -0.0571. The summed E-state index contributed by atoms with van der Waals surface area (Å²) in [6, 6.07) is 5.00. The summed E-state index contributed by atoms with van der Waals surface area (Å²) in [7, 11) is 0. The third-order valence-electron chi connectivity index (χ3n) is 2.14. The van der Waals surface area contributed by atoms with Gasteiger partial charge >= 0.3 is 5.51 Å². The van der Waals surface area contributed by atoms with Gasteiger partial charge in [0, 0.05) is 4.90 Å². The lowest BCUT2D eigenvalue weighted by Gasteiger charge is -2.09. The third-order valence-corrected chi connectivity index (χ3v) is 2.97. The van der Waals surface area contributed by atoms with Gasteiger partial charge in [0.05, 0.1) is 0 Å². The Balaban J connectivity index is 2.95. The second-order valence-electron chi connectivity index (χ2n) is 3.78. The van der Waals surface area contributed by atoms with Crippen molar-refractivity contribution >= 4 is 17.8 Å². The predicted molar refractivity (Wildman–Crippen MR) is 67.0 cm³/mol. The first-order valence-electron chi connectivity index (χ1n) is 5.45. The van der Waals surface area contributed by atoms with E-state index in [9.17, 15) is 13.2 Å². The van der Waals surface area contributed by atoms with Crippen LogP contribution in [0.2, 0.25) is 0 Å². The number of halogens is 3. The molecular weight excluding hydrogens is 245 g/mol. The van der Waals surface area contributed by atoms with Crippen molar-refractivity contribution in [3.63, 3.8) is 0 Å². The second-order valence-corrected chi connectivity index (χ2v) is 4.89. The zero-order valence-corrected chi connectivity index (χ0v) is 10.7. The van der Waals surface area contributed by atoms with Gasteiger partial charge in [0.2, 0.25) is 0 Å². The molecule has 0 atom stereocenters. The number of thioether (sulfide) groups is 1. The number of hydrogen-bond acceptors (Lipinski definition) is 1. The van der Waals surface area contributed by atoms with E-state index in [0.29, 0.717) is 5.56 Å². The van der Waals surface area contributed by atoms with Crippen LogP contribution in [0.5, 0.6) is 0 Å². The van der Waals surface area contributed by atoms with Crippen molar-refractivity contribution < 1.29 is 13.2 Å². The summed E-state index contributed by atoms with van der Waals surface area (Å²) in [5, 5.41) is 0. The Labute approximate surface area is 104 Å². The maximum absolute atomic E-state index is 12.3. The van der Waals surface area contributed by atoms with E-state index in [1.807, 2.05) is 19.9 Å². The maximum Gasteiger partial charge on any atom is 0.446 e. The summed E-state index contributed by atoms with van der Waals surface area (Å²) in [4.78, 5) is 0.260. The molecule has 1 aromatic rings. The Morgan fingerprint density at radius 1 is 1.29 bits per heavy atom. The fourth-order valence-electron chi connectivity index (χ4n) is 1.39. The van der Waals surface area contributed by atoms with Crippen molar-refractivity contribution in [3.8, 4) is 0 Å². The highest BCUT2D eigenvalue weighted by atomic mass is 32.2. The van der Waals surface area contributed by atoms with Crippen LogP contribution in [-0.2, 0) is 0 Å².